The van der Waals surface area contributed by atoms with Gasteiger partial charge in [0, 0.05) is 48.4 Å². The van der Waals surface area contributed by atoms with Crippen molar-refractivity contribution in [2.24, 2.45) is 5.73 Å². The van der Waals surface area contributed by atoms with Crippen LogP contribution in [0, 0.1) is 0 Å². The second-order valence-electron chi connectivity index (χ2n) is 11.9. The van der Waals surface area contributed by atoms with Crippen molar-refractivity contribution in [2.45, 2.75) is 82.2 Å². The maximum Gasteiger partial charge on any atom is 0.306 e. The molecular formula is C32H35NO13. The van der Waals surface area contributed by atoms with Gasteiger partial charge in [0.25, 0.3) is 0 Å². The number of esters is 1. The van der Waals surface area contributed by atoms with Gasteiger partial charge in [0.2, 0.25) is 11.6 Å². The zero-order valence-corrected chi connectivity index (χ0v) is 25.4. The summed E-state index contributed by atoms with van der Waals surface area (Å²) in [4.78, 5) is 64.2. The smallest absolute Gasteiger partial charge is 0.306 e. The van der Waals surface area contributed by atoms with E-state index in [0.717, 1.165) is 0 Å². The molecule has 3 aliphatic rings. The first kappa shape index (κ1) is 33.2. The molecule has 0 aromatic heterocycles. The molecule has 6 atom stereocenters. The van der Waals surface area contributed by atoms with Crippen LogP contribution >= 0.6 is 0 Å². The number of ether oxygens (including phenoxy) is 4. The summed E-state index contributed by atoms with van der Waals surface area (Å²) in [6.07, 6.45) is -5.95. The molecule has 0 bridgehead atoms. The molecule has 246 valence electrons. The van der Waals surface area contributed by atoms with Gasteiger partial charge in [0.1, 0.15) is 28.6 Å². The number of aliphatic hydroxyl groups is 2. The minimum Gasteiger partial charge on any atom is -0.507 e. The predicted octanol–water partition coefficient (Wildman–Crippen LogP) is 0.921. The minimum absolute atomic E-state index is 0.0306. The molecule has 1 fully saturated rings. The lowest BCUT2D eigenvalue weighted by Crippen LogP contribution is -2.53. The van der Waals surface area contributed by atoms with Gasteiger partial charge < -0.3 is 49.9 Å². The molecule has 46 heavy (non-hydrogen) atoms. The maximum absolute atomic E-state index is 13.8. The SMILES string of the molecule is COc1cccc2c1C(=O)c1c(O)c3c(c(O)c1C2=O)CC(O)(C(=O)COC(=O)CCC(C)=O)CC3OC1CC(N)C(O)C(C)O1. The van der Waals surface area contributed by atoms with Gasteiger partial charge in [0.05, 0.1) is 48.5 Å². The third-order valence-corrected chi connectivity index (χ3v) is 8.71. The first-order valence-corrected chi connectivity index (χ1v) is 14.7. The van der Waals surface area contributed by atoms with E-state index in [0.29, 0.717) is 0 Å². The number of rotatable bonds is 9. The van der Waals surface area contributed by atoms with Crippen LogP contribution in [0.4, 0.5) is 0 Å². The highest BCUT2D eigenvalue weighted by Gasteiger charge is 2.50. The van der Waals surface area contributed by atoms with Crippen LogP contribution in [0.15, 0.2) is 18.2 Å². The molecular weight excluding hydrogens is 606 g/mol. The van der Waals surface area contributed by atoms with Gasteiger partial charge in [-0.1, -0.05) is 12.1 Å². The van der Waals surface area contributed by atoms with Crippen molar-refractivity contribution in [1.29, 1.82) is 0 Å². The molecule has 2 aromatic rings. The van der Waals surface area contributed by atoms with E-state index in [1.54, 1.807) is 6.92 Å². The van der Waals surface area contributed by atoms with Gasteiger partial charge in [-0.05, 0) is 19.9 Å². The minimum atomic E-state index is -2.36. The number of hydrogen-bond donors (Lipinski definition) is 5. The fourth-order valence-corrected chi connectivity index (χ4v) is 6.23. The zero-order chi connectivity index (χ0) is 33.7. The van der Waals surface area contributed by atoms with Crippen LogP contribution in [-0.2, 0) is 35.0 Å². The van der Waals surface area contributed by atoms with Gasteiger partial charge in [-0.3, -0.25) is 19.2 Å². The number of aromatic hydroxyl groups is 2. The summed E-state index contributed by atoms with van der Waals surface area (Å²) in [5.41, 5.74) is 2.05. The average molecular weight is 642 g/mol. The normalized spacial score (nSPS) is 26.9. The molecule has 0 radical (unpaired) electrons. The highest BCUT2D eigenvalue weighted by molar-refractivity contribution is 6.31. The second kappa shape index (κ2) is 12.5. The number of hydrogen-bond acceptors (Lipinski definition) is 14. The Morgan fingerprint density at radius 3 is 2.41 bits per heavy atom. The molecule has 6 N–H and O–H groups in total. The fourth-order valence-electron chi connectivity index (χ4n) is 6.23. The number of nitrogens with two attached hydrogens (primary N) is 1. The molecule has 2 aliphatic carbocycles. The van der Waals surface area contributed by atoms with E-state index in [1.165, 1.54) is 32.2 Å². The highest BCUT2D eigenvalue weighted by Crippen LogP contribution is 2.52. The third kappa shape index (κ3) is 5.78. The van der Waals surface area contributed by atoms with Crippen molar-refractivity contribution in [1.82, 2.24) is 0 Å². The van der Waals surface area contributed by atoms with Crippen LogP contribution in [0.3, 0.4) is 0 Å². The number of fused-ring (bicyclic) bond motifs is 3. The highest BCUT2D eigenvalue weighted by atomic mass is 16.7. The quantitative estimate of drug-likeness (QED) is 0.162. The Balaban J connectivity index is 1.58. The maximum atomic E-state index is 13.8. The molecule has 1 saturated heterocycles. The molecule has 14 nitrogen and oxygen atoms in total. The van der Waals surface area contributed by atoms with Crippen LogP contribution in [-0.4, -0.2) is 93.4 Å². The molecule has 5 rings (SSSR count). The van der Waals surface area contributed by atoms with Crippen molar-refractivity contribution >= 4 is 29.1 Å². The lowest BCUT2D eigenvalue weighted by atomic mass is 9.72. The van der Waals surface area contributed by atoms with E-state index in [4.69, 9.17) is 24.7 Å². The summed E-state index contributed by atoms with van der Waals surface area (Å²) >= 11 is 0. The van der Waals surface area contributed by atoms with E-state index in [2.05, 4.69) is 0 Å². The molecule has 1 aliphatic heterocycles. The summed E-state index contributed by atoms with van der Waals surface area (Å²) in [5, 5.41) is 45.1. The van der Waals surface area contributed by atoms with Crippen LogP contribution in [0.5, 0.6) is 17.2 Å². The van der Waals surface area contributed by atoms with Crippen molar-refractivity contribution in [2.75, 3.05) is 13.7 Å². The Morgan fingerprint density at radius 2 is 1.76 bits per heavy atom. The van der Waals surface area contributed by atoms with Gasteiger partial charge >= 0.3 is 5.97 Å². The number of phenols is 2. The Hall–Kier alpha value is -4.21. The number of methoxy groups -OCH3 is 1. The molecule has 1 heterocycles. The lowest BCUT2D eigenvalue weighted by molar-refractivity contribution is -0.247. The predicted molar refractivity (Wildman–Crippen MR) is 156 cm³/mol. The summed E-state index contributed by atoms with van der Waals surface area (Å²) in [7, 11) is 1.31. The Morgan fingerprint density at radius 1 is 1.07 bits per heavy atom. The first-order valence-electron chi connectivity index (χ1n) is 14.7. The van der Waals surface area contributed by atoms with Gasteiger partial charge in [0.15, 0.2) is 18.7 Å². The Labute approximate surface area is 263 Å². The fraction of sp³-hybridized carbons (Fsp3) is 0.469. The van der Waals surface area contributed by atoms with Crippen LogP contribution in [0.25, 0.3) is 0 Å². The van der Waals surface area contributed by atoms with Gasteiger partial charge in [-0.15, -0.1) is 0 Å². The molecule has 0 saturated carbocycles. The van der Waals surface area contributed by atoms with Crippen molar-refractivity contribution < 1.29 is 63.3 Å². The number of phenolic OH excluding ortho intramolecular Hbond substituents is 2. The molecule has 0 amide bonds. The number of benzene rings is 2. The average Bonchev–Trinajstić information content (AvgIpc) is 3.01. The summed E-state index contributed by atoms with van der Waals surface area (Å²) in [6.45, 7) is 1.97. The zero-order valence-electron chi connectivity index (χ0n) is 25.4. The van der Waals surface area contributed by atoms with E-state index >= 15 is 0 Å². The molecule has 0 spiro atoms. The summed E-state index contributed by atoms with van der Waals surface area (Å²) in [5.74, 6) is -5.09. The number of carbonyl (C=O) groups is 5. The van der Waals surface area contributed by atoms with Gasteiger partial charge in [-0.2, -0.15) is 0 Å². The Kier molecular flexibility index (Phi) is 9.03. The topological polar surface area (TPSA) is 229 Å². The largest absolute Gasteiger partial charge is 0.507 e. The van der Waals surface area contributed by atoms with Crippen LogP contribution in [0.1, 0.15) is 88.6 Å². The number of aliphatic hydroxyl groups excluding tert-OH is 1. The second-order valence-corrected chi connectivity index (χ2v) is 11.9. The monoisotopic (exact) mass is 641 g/mol. The first-order chi connectivity index (χ1) is 21.7. The van der Waals surface area contributed by atoms with Crippen molar-refractivity contribution in [3.63, 3.8) is 0 Å². The van der Waals surface area contributed by atoms with Crippen molar-refractivity contribution in [3.8, 4) is 17.2 Å². The third-order valence-electron chi connectivity index (χ3n) is 8.71. The van der Waals surface area contributed by atoms with Gasteiger partial charge in [-0.25, -0.2) is 0 Å². The van der Waals surface area contributed by atoms with Crippen LogP contribution in [0.2, 0.25) is 0 Å². The van der Waals surface area contributed by atoms with Crippen LogP contribution < -0.4 is 10.5 Å². The summed E-state index contributed by atoms with van der Waals surface area (Å²) in [6, 6.07) is 3.53. The van der Waals surface area contributed by atoms with E-state index < -0.39 is 102 Å². The van der Waals surface area contributed by atoms with E-state index in [-0.39, 0.29) is 53.0 Å². The number of Topliss-reactive ketones (excluding diaryl/α,β-unsaturated/α-hetero) is 2. The van der Waals surface area contributed by atoms with E-state index in [1.807, 2.05) is 0 Å². The van der Waals surface area contributed by atoms with E-state index in [9.17, 15) is 44.4 Å². The standard InChI is InChI=1S/C32H35NO13/c1-13(34)7-8-21(36)44-12-20(35)32(42)10-16-24(19(11-32)46-22-9-17(33)27(37)14(2)45-22)31(41)26-25(29(16)39)28(38)15-5-4-6-18(43-3)23(15)30(26)40/h4-6,14,17,19,22,27,37,39,41-42H,7-12,33H2,1-3H3. The lowest BCUT2D eigenvalue weighted by Gasteiger charge is -2.42. The molecule has 14 heteroatoms. The van der Waals surface area contributed by atoms with Crippen molar-refractivity contribution in [3.05, 3.63) is 51.6 Å². The number of ketones is 4. The Bertz CT molecular complexity index is 1620. The summed E-state index contributed by atoms with van der Waals surface area (Å²) < 4.78 is 22.1. The molecule has 2 aromatic carbocycles. The molecule has 6 unspecified atom stereocenters. The number of carbonyl (C=O) groups excluding carboxylic acids is 5.